The Bertz CT molecular complexity index is 665. The van der Waals surface area contributed by atoms with Gasteiger partial charge >= 0.3 is 6.18 Å². The van der Waals surface area contributed by atoms with Crippen LogP contribution in [0.25, 0.3) is 0 Å². The minimum absolute atomic E-state index is 0.00239. The van der Waals surface area contributed by atoms with Crippen LogP contribution in [0.1, 0.15) is 29.8 Å². The number of hydrogen-bond acceptors (Lipinski definition) is 5. The van der Waals surface area contributed by atoms with Crippen molar-refractivity contribution >= 4 is 5.91 Å². The summed E-state index contributed by atoms with van der Waals surface area (Å²) in [5, 5.41) is 9.60. The van der Waals surface area contributed by atoms with Crippen LogP contribution in [-0.4, -0.2) is 85.6 Å². The SMILES string of the molecule is COCCN(CC1CN(C(C)(C)CO)CCO1)C(=O)c1ccc(C(F)(F)F)cc1. The predicted octanol–water partition coefficient (Wildman–Crippen LogP) is 2.27. The molecule has 9 heteroatoms. The van der Waals surface area contributed by atoms with E-state index in [-0.39, 0.29) is 30.7 Å². The molecule has 1 fully saturated rings. The highest BCUT2D eigenvalue weighted by Crippen LogP contribution is 2.29. The van der Waals surface area contributed by atoms with Crippen molar-refractivity contribution in [3.8, 4) is 0 Å². The molecule has 1 N–H and O–H groups in total. The van der Waals surface area contributed by atoms with E-state index in [1.807, 2.05) is 13.8 Å². The molecular formula is C20H29F3N2O4. The number of benzene rings is 1. The van der Waals surface area contributed by atoms with Crippen LogP contribution < -0.4 is 0 Å². The van der Waals surface area contributed by atoms with Crippen molar-refractivity contribution < 1.29 is 32.5 Å². The van der Waals surface area contributed by atoms with Gasteiger partial charge in [-0.2, -0.15) is 13.2 Å². The summed E-state index contributed by atoms with van der Waals surface area (Å²) in [6.45, 7) is 6.42. The van der Waals surface area contributed by atoms with Gasteiger partial charge in [-0.3, -0.25) is 9.69 Å². The first kappa shape index (κ1) is 23.6. The van der Waals surface area contributed by atoms with Crippen molar-refractivity contribution in [1.82, 2.24) is 9.80 Å². The number of aliphatic hydroxyl groups is 1. The Morgan fingerprint density at radius 1 is 1.31 bits per heavy atom. The van der Waals surface area contributed by atoms with E-state index in [2.05, 4.69) is 4.90 Å². The van der Waals surface area contributed by atoms with Crippen LogP contribution in [0, 0.1) is 0 Å². The summed E-state index contributed by atoms with van der Waals surface area (Å²) in [5.74, 6) is -0.377. The van der Waals surface area contributed by atoms with Crippen LogP contribution in [0.4, 0.5) is 13.2 Å². The average molecular weight is 418 g/mol. The number of amides is 1. The van der Waals surface area contributed by atoms with E-state index < -0.39 is 17.3 Å². The average Bonchev–Trinajstić information content (AvgIpc) is 2.70. The van der Waals surface area contributed by atoms with Crippen molar-refractivity contribution in [3.05, 3.63) is 35.4 Å². The van der Waals surface area contributed by atoms with Gasteiger partial charge in [-0.05, 0) is 38.1 Å². The fourth-order valence-corrected chi connectivity index (χ4v) is 3.19. The highest BCUT2D eigenvalue weighted by molar-refractivity contribution is 5.94. The third-order valence-corrected chi connectivity index (χ3v) is 5.12. The first-order chi connectivity index (χ1) is 13.6. The number of carbonyl (C=O) groups excluding carboxylic acids is 1. The van der Waals surface area contributed by atoms with Gasteiger partial charge in [0.25, 0.3) is 5.91 Å². The second-order valence-electron chi connectivity index (χ2n) is 7.73. The molecule has 1 atom stereocenters. The van der Waals surface area contributed by atoms with E-state index in [9.17, 15) is 23.1 Å². The van der Waals surface area contributed by atoms with Crippen LogP contribution in [0.3, 0.4) is 0 Å². The fraction of sp³-hybridized carbons (Fsp3) is 0.650. The summed E-state index contributed by atoms with van der Waals surface area (Å²) in [4.78, 5) is 16.5. The second kappa shape index (κ2) is 9.88. The molecular weight excluding hydrogens is 389 g/mol. The molecule has 2 rings (SSSR count). The molecule has 1 saturated heterocycles. The molecule has 1 aliphatic heterocycles. The molecule has 0 spiro atoms. The first-order valence-electron chi connectivity index (χ1n) is 9.51. The normalized spacial score (nSPS) is 18.7. The molecule has 164 valence electrons. The number of methoxy groups -OCH3 is 1. The standard InChI is InChI=1S/C20H29F3N2O4/c1-19(2,14-26)25-9-11-29-17(13-25)12-24(8-10-28-3)18(27)15-4-6-16(7-5-15)20(21,22)23/h4-7,17,26H,8-14H2,1-3H3. The number of aliphatic hydroxyl groups excluding tert-OH is 1. The Morgan fingerprint density at radius 2 is 1.97 bits per heavy atom. The molecule has 29 heavy (non-hydrogen) atoms. The number of ether oxygens (including phenoxy) is 2. The van der Waals surface area contributed by atoms with Crippen LogP contribution in [0.5, 0.6) is 0 Å². The Balaban J connectivity index is 2.11. The van der Waals surface area contributed by atoms with Gasteiger partial charge in [-0.15, -0.1) is 0 Å². The van der Waals surface area contributed by atoms with Gasteiger partial charge in [0.2, 0.25) is 0 Å². The van der Waals surface area contributed by atoms with E-state index >= 15 is 0 Å². The molecule has 0 aliphatic carbocycles. The van der Waals surface area contributed by atoms with E-state index in [4.69, 9.17) is 9.47 Å². The summed E-state index contributed by atoms with van der Waals surface area (Å²) in [7, 11) is 1.52. The molecule has 1 aliphatic rings. The molecule has 1 aromatic carbocycles. The van der Waals surface area contributed by atoms with Crippen LogP contribution in [-0.2, 0) is 15.7 Å². The van der Waals surface area contributed by atoms with Gasteiger partial charge < -0.3 is 19.5 Å². The monoisotopic (exact) mass is 418 g/mol. The number of rotatable bonds is 8. The van der Waals surface area contributed by atoms with Crippen molar-refractivity contribution in [2.45, 2.75) is 31.7 Å². The Hall–Kier alpha value is -1.68. The molecule has 1 amide bonds. The number of nitrogens with zero attached hydrogens (tertiary/aromatic N) is 2. The second-order valence-corrected chi connectivity index (χ2v) is 7.73. The third kappa shape index (κ3) is 6.40. The summed E-state index contributed by atoms with van der Waals surface area (Å²) >= 11 is 0. The highest BCUT2D eigenvalue weighted by atomic mass is 19.4. The van der Waals surface area contributed by atoms with E-state index in [0.717, 1.165) is 12.1 Å². The lowest BCUT2D eigenvalue weighted by Crippen LogP contribution is -2.57. The number of morpholine rings is 1. The molecule has 0 saturated carbocycles. The molecule has 0 radical (unpaired) electrons. The van der Waals surface area contributed by atoms with Crippen LogP contribution >= 0.6 is 0 Å². The maximum Gasteiger partial charge on any atom is 0.416 e. The van der Waals surface area contributed by atoms with Gasteiger partial charge in [0.1, 0.15) is 0 Å². The topological polar surface area (TPSA) is 62.2 Å². The summed E-state index contributed by atoms with van der Waals surface area (Å²) in [6.07, 6.45) is -4.72. The van der Waals surface area contributed by atoms with E-state index in [0.29, 0.717) is 32.8 Å². The summed E-state index contributed by atoms with van der Waals surface area (Å²) < 4.78 is 49.2. The summed E-state index contributed by atoms with van der Waals surface area (Å²) in [6, 6.07) is 4.19. The van der Waals surface area contributed by atoms with Crippen molar-refractivity contribution in [2.75, 3.05) is 53.1 Å². The minimum atomic E-state index is -4.45. The first-order valence-corrected chi connectivity index (χ1v) is 9.51. The Morgan fingerprint density at radius 3 is 2.52 bits per heavy atom. The maximum atomic E-state index is 12.9. The number of carbonyl (C=O) groups is 1. The number of halogens is 3. The Kier molecular flexibility index (Phi) is 8.04. The summed E-state index contributed by atoms with van der Waals surface area (Å²) in [5.41, 5.74) is -1.02. The van der Waals surface area contributed by atoms with E-state index in [1.54, 1.807) is 0 Å². The van der Waals surface area contributed by atoms with Gasteiger partial charge in [-0.25, -0.2) is 0 Å². The lowest BCUT2D eigenvalue weighted by Gasteiger charge is -2.43. The number of alkyl halides is 3. The molecule has 0 aromatic heterocycles. The Labute approximate surface area is 169 Å². The van der Waals surface area contributed by atoms with Gasteiger partial charge in [0, 0.05) is 44.4 Å². The zero-order valence-corrected chi connectivity index (χ0v) is 17.0. The third-order valence-electron chi connectivity index (χ3n) is 5.12. The molecule has 1 aromatic rings. The lowest BCUT2D eigenvalue weighted by molar-refractivity contribution is -0.137. The number of hydrogen-bond donors (Lipinski definition) is 1. The van der Waals surface area contributed by atoms with Crippen molar-refractivity contribution in [1.29, 1.82) is 0 Å². The fourth-order valence-electron chi connectivity index (χ4n) is 3.19. The smallest absolute Gasteiger partial charge is 0.394 e. The van der Waals surface area contributed by atoms with Gasteiger partial charge in [-0.1, -0.05) is 0 Å². The lowest BCUT2D eigenvalue weighted by atomic mass is 10.0. The van der Waals surface area contributed by atoms with E-state index in [1.165, 1.54) is 24.1 Å². The maximum absolute atomic E-state index is 12.9. The molecule has 1 heterocycles. The quantitative estimate of drug-likeness (QED) is 0.702. The largest absolute Gasteiger partial charge is 0.416 e. The highest BCUT2D eigenvalue weighted by Gasteiger charge is 2.33. The molecule has 0 bridgehead atoms. The predicted molar refractivity (Wildman–Crippen MR) is 102 cm³/mol. The van der Waals surface area contributed by atoms with Crippen molar-refractivity contribution in [2.24, 2.45) is 0 Å². The van der Waals surface area contributed by atoms with Crippen LogP contribution in [0.15, 0.2) is 24.3 Å². The van der Waals surface area contributed by atoms with Gasteiger partial charge in [0.15, 0.2) is 0 Å². The zero-order chi connectivity index (χ0) is 21.7. The van der Waals surface area contributed by atoms with Gasteiger partial charge in [0.05, 0.1) is 31.5 Å². The molecule has 6 nitrogen and oxygen atoms in total. The molecule has 1 unspecified atom stereocenters. The zero-order valence-electron chi connectivity index (χ0n) is 17.0. The minimum Gasteiger partial charge on any atom is -0.394 e. The van der Waals surface area contributed by atoms with Crippen LogP contribution in [0.2, 0.25) is 0 Å². The van der Waals surface area contributed by atoms with Crippen molar-refractivity contribution in [3.63, 3.8) is 0 Å².